The molecule has 0 saturated carbocycles. The van der Waals surface area contributed by atoms with Gasteiger partial charge in [0.1, 0.15) is 0 Å². The fraction of sp³-hybridized carbons (Fsp3) is 0.938. The molecule has 1 unspecified atom stereocenters. The zero-order valence-corrected chi connectivity index (χ0v) is 13.5. The summed E-state index contributed by atoms with van der Waals surface area (Å²) in [5.74, 6) is 0.434. The molecule has 1 amide bonds. The zero-order chi connectivity index (χ0) is 14.6. The molecule has 1 atom stereocenters. The Balaban J connectivity index is 2.04. The van der Waals surface area contributed by atoms with Gasteiger partial charge in [0.2, 0.25) is 5.91 Å². The third-order valence-electron chi connectivity index (χ3n) is 5.20. The van der Waals surface area contributed by atoms with E-state index < -0.39 is 0 Å². The topological polar surface area (TPSA) is 35.6 Å². The number of carbonyl (C=O) groups excluding carboxylic acids is 1. The van der Waals surface area contributed by atoms with Crippen LogP contribution in [0.15, 0.2) is 0 Å². The molecule has 0 aromatic carbocycles. The van der Waals surface area contributed by atoms with Gasteiger partial charge < -0.3 is 10.2 Å². The van der Waals surface area contributed by atoms with Crippen LogP contribution >= 0.6 is 0 Å². The van der Waals surface area contributed by atoms with E-state index in [4.69, 9.17) is 0 Å². The van der Waals surface area contributed by atoms with Crippen molar-refractivity contribution >= 4 is 5.91 Å². The predicted molar refractivity (Wildman–Crippen MR) is 82.7 cm³/mol. The second-order valence-electron chi connectivity index (χ2n) is 6.51. The third-order valence-corrected chi connectivity index (χ3v) is 5.20. The maximum Gasteiger partial charge on any atom is 0.228 e. The van der Waals surface area contributed by atoms with E-state index in [0.29, 0.717) is 11.9 Å². The quantitative estimate of drug-likeness (QED) is 0.852. The summed E-state index contributed by atoms with van der Waals surface area (Å²) in [7, 11) is 0. The summed E-state index contributed by atoms with van der Waals surface area (Å²) in [4.78, 5) is 17.7. The van der Waals surface area contributed by atoms with E-state index in [1.165, 1.54) is 0 Å². The zero-order valence-electron chi connectivity index (χ0n) is 13.5. The first-order valence-electron chi connectivity index (χ1n) is 8.37. The molecule has 2 rings (SSSR count). The summed E-state index contributed by atoms with van der Waals surface area (Å²) in [6, 6.07) is 0.498. The highest BCUT2D eigenvalue weighted by atomic mass is 16.2. The first-order chi connectivity index (χ1) is 9.63. The van der Waals surface area contributed by atoms with Crippen LogP contribution < -0.4 is 5.32 Å². The second-order valence-corrected chi connectivity index (χ2v) is 6.51. The van der Waals surface area contributed by atoms with E-state index in [9.17, 15) is 4.79 Å². The van der Waals surface area contributed by atoms with Crippen LogP contribution in [0.4, 0.5) is 0 Å². The summed E-state index contributed by atoms with van der Waals surface area (Å²) >= 11 is 0. The molecule has 2 saturated heterocycles. The van der Waals surface area contributed by atoms with Gasteiger partial charge in [0, 0.05) is 25.7 Å². The normalized spacial score (nSPS) is 27.6. The highest BCUT2D eigenvalue weighted by Gasteiger charge is 2.42. The van der Waals surface area contributed by atoms with Gasteiger partial charge >= 0.3 is 0 Å². The van der Waals surface area contributed by atoms with Gasteiger partial charge in [-0.15, -0.1) is 0 Å². The van der Waals surface area contributed by atoms with Crippen LogP contribution in [0.25, 0.3) is 0 Å². The Kier molecular flexibility index (Phi) is 5.44. The van der Waals surface area contributed by atoms with Crippen LogP contribution in [0.2, 0.25) is 0 Å². The Morgan fingerprint density at radius 3 is 2.50 bits per heavy atom. The lowest BCUT2D eigenvalue weighted by Crippen LogP contribution is -2.58. The Bertz CT molecular complexity index is 320. The third kappa shape index (κ3) is 3.17. The number of hydrogen-bond acceptors (Lipinski definition) is 3. The minimum absolute atomic E-state index is 0.0753. The van der Waals surface area contributed by atoms with Gasteiger partial charge in [-0.1, -0.05) is 20.3 Å². The minimum Gasteiger partial charge on any atom is -0.339 e. The monoisotopic (exact) mass is 281 g/mol. The van der Waals surface area contributed by atoms with E-state index in [1.54, 1.807) is 0 Å². The summed E-state index contributed by atoms with van der Waals surface area (Å²) in [5, 5.41) is 3.40. The van der Waals surface area contributed by atoms with E-state index in [2.05, 4.69) is 35.9 Å². The Labute approximate surface area is 123 Å². The number of nitrogens with zero attached hydrogens (tertiary/aromatic N) is 2. The Morgan fingerprint density at radius 1 is 1.25 bits per heavy atom. The number of nitrogens with one attached hydrogen (secondary N) is 1. The molecule has 2 aliphatic heterocycles. The Hall–Kier alpha value is -0.610. The number of piperazine rings is 1. The number of piperidine rings is 1. The average molecular weight is 281 g/mol. The van der Waals surface area contributed by atoms with E-state index in [0.717, 1.165) is 65.0 Å². The van der Waals surface area contributed by atoms with Crippen molar-refractivity contribution in [1.82, 2.24) is 15.1 Å². The number of likely N-dealkylation sites (N-methyl/N-ethyl adjacent to an activating group) is 1. The molecule has 2 aliphatic rings. The van der Waals surface area contributed by atoms with Gasteiger partial charge in [0.25, 0.3) is 0 Å². The fourth-order valence-electron chi connectivity index (χ4n) is 3.94. The van der Waals surface area contributed by atoms with Crippen molar-refractivity contribution in [1.29, 1.82) is 0 Å². The van der Waals surface area contributed by atoms with Gasteiger partial charge in [-0.25, -0.2) is 0 Å². The molecule has 0 bridgehead atoms. The molecule has 0 aromatic heterocycles. The SMILES string of the molecule is CCCC1(C(=O)N2CCN(CC)C(C)C2)CCNCC1. The van der Waals surface area contributed by atoms with Crippen molar-refractivity contribution < 1.29 is 4.79 Å². The molecule has 20 heavy (non-hydrogen) atoms. The van der Waals surface area contributed by atoms with Crippen LogP contribution in [-0.4, -0.2) is 61.0 Å². The molecule has 1 N–H and O–H groups in total. The molecule has 0 aliphatic carbocycles. The lowest BCUT2D eigenvalue weighted by Gasteiger charge is -2.45. The average Bonchev–Trinajstić information content (AvgIpc) is 2.47. The summed E-state index contributed by atoms with van der Waals surface area (Å²) in [5.41, 5.74) is -0.0753. The van der Waals surface area contributed by atoms with Crippen molar-refractivity contribution in [2.24, 2.45) is 5.41 Å². The lowest BCUT2D eigenvalue weighted by atomic mass is 9.74. The number of carbonyl (C=O) groups is 1. The van der Waals surface area contributed by atoms with Crippen molar-refractivity contribution in [3.05, 3.63) is 0 Å². The largest absolute Gasteiger partial charge is 0.339 e. The van der Waals surface area contributed by atoms with Crippen LogP contribution in [0.1, 0.15) is 46.5 Å². The van der Waals surface area contributed by atoms with Crippen molar-refractivity contribution in [2.75, 3.05) is 39.3 Å². The van der Waals surface area contributed by atoms with E-state index in [-0.39, 0.29) is 5.41 Å². The number of rotatable bonds is 4. The van der Waals surface area contributed by atoms with Crippen molar-refractivity contribution in [3.63, 3.8) is 0 Å². The lowest BCUT2D eigenvalue weighted by molar-refractivity contribution is -0.147. The van der Waals surface area contributed by atoms with Gasteiger partial charge in [-0.3, -0.25) is 9.69 Å². The van der Waals surface area contributed by atoms with Crippen LogP contribution in [0, 0.1) is 5.41 Å². The highest BCUT2D eigenvalue weighted by molar-refractivity contribution is 5.83. The second kappa shape index (κ2) is 6.90. The molecule has 2 heterocycles. The molecular formula is C16H31N3O. The smallest absolute Gasteiger partial charge is 0.228 e. The van der Waals surface area contributed by atoms with Gasteiger partial charge in [-0.2, -0.15) is 0 Å². The molecular weight excluding hydrogens is 250 g/mol. The molecule has 0 spiro atoms. The molecule has 116 valence electrons. The maximum atomic E-state index is 13.1. The van der Waals surface area contributed by atoms with Gasteiger partial charge in [0.05, 0.1) is 5.41 Å². The van der Waals surface area contributed by atoms with Gasteiger partial charge in [0.15, 0.2) is 0 Å². The maximum absolute atomic E-state index is 13.1. The minimum atomic E-state index is -0.0753. The predicted octanol–water partition coefficient (Wildman–Crippen LogP) is 1.71. The number of hydrogen-bond donors (Lipinski definition) is 1. The molecule has 4 nitrogen and oxygen atoms in total. The van der Waals surface area contributed by atoms with Crippen LogP contribution in [0.3, 0.4) is 0 Å². The van der Waals surface area contributed by atoms with Crippen LogP contribution in [-0.2, 0) is 4.79 Å². The molecule has 4 heteroatoms. The molecule has 0 radical (unpaired) electrons. The molecule has 2 fully saturated rings. The van der Waals surface area contributed by atoms with E-state index >= 15 is 0 Å². The first-order valence-corrected chi connectivity index (χ1v) is 8.37. The highest BCUT2D eigenvalue weighted by Crippen LogP contribution is 2.36. The van der Waals surface area contributed by atoms with E-state index in [1.807, 2.05) is 0 Å². The fourth-order valence-corrected chi connectivity index (χ4v) is 3.94. The molecule has 0 aromatic rings. The van der Waals surface area contributed by atoms with Crippen molar-refractivity contribution in [3.8, 4) is 0 Å². The Morgan fingerprint density at radius 2 is 1.95 bits per heavy atom. The first kappa shape index (κ1) is 15.8. The summed E-state index contributed by atoms with van der Waals surface area (Å²) in [6.45, 7) is 12.6. The van der Waals surface area contributed by atoms with Crippen molar-refractivity contribution in [2.45, 2.75) is 52.5 Å². The summed E-state index contributed by atoms with van der Waals surface area (Å²) < 4.78 is 0. The standard InChI is InChI=1S/C16H31N3O/c1-4-6-16(7-9-17-10-8-16)15(20)19-12-11-18(5-2)14(3)13-19/h14,17H,4-13H2,1-3H3. The van der Waals surface area contributed by atoms with Gasteiger partial charge in [-0.05, 0) is 45.8 Å². The summed E-state index contributed by atoms with van der Waals surface area (Å²) in [6.07, 6.45) is 4.19. The van der Waals surface area contributed by atoms with Crippen LogP contribution in [0.5, 0.6) is 0 Å². The number of amides is 1.